The van der Waals surface area contributed by atoms with Crippen LogP contribution in [0.3, 0.4) is 0 Å². The molecular weight excluding hydrogens is 306 g/mol. The highest BCUT2D eigenvalue weighted by atomic mass is 16.5. The van der Waals surface area contributed by atoms with E-state index in [-0.39, 0.29) is 18.5 Å². The molecule has 132 valence electrons. The SMILES string of the molecule is COC(=O)CC(N)c1ccc(OC)c(OC2CC3CCC2CC3)c1. The lowest BCUT2D eigenvalue weighted by Crippen LogP contribution is -2.39. The first-order chi connectivity index (χ1) is 11.6. The van der Waals surface area contributed by atoms with Gasteiger partial charge in [-0.3, -0.25) is 4.79 Å². The fraction of sp³-hybridized carbons (Fsp3) is 0.632. The summed E-state index contributed by atoms with van der Waals surface area (Å²) in [6.45, 7) is 0. The van der Waals surface area contributed by atoms with Gasteiger partial charge in [0.15, 0.2) is 11.5 Å². The summed E-state index contributed by atoms with van der Waals surface area (Å²) in [6.07, 6.45) is 6.75. The van der Waals surface area contributed by atoms with E-state index in [9.17, 15) is 4.79 Å². The fourth-order valence-electron chi connectivity index (χ4n) is 4.02. The summed E-state index contributed by atoms with van der Waals surface area (Å²) in [6, 6.07) is 5.25. The lowest BCUT2D eigenvalue weighted by Gasteiger charge is -2.42. The van der Waals surface area contributed by atoms with Crippen LogP contribution in [0.2, 0.25) is 0 Å². The maximum atomic E-state index is 11.4. The molecule has 0 heterocycles. The van der Waals surface area contributed by atoms with Crippen LogP contribution in [-0.2, 0) is 9.53 Å². The molecule has 1 aromatic rings. The molecule has 1 aromatic carbocycles. The minimum atomic E-state index is -0.409. The Kier molecular flexibility index (Phi) is 5.29. The van der Waals surface area contributed by atoms with Crippen molar-refractivity contribution in [3.05, 3.63) is 23.8 Å². The van der Waals surface area contributed by atoms with Crippen LogP contribution in [0.5, 0.6) is 11.5 Å². The smallest absolute Gasteiger partial charge is 0.307 e. The van der Waals surface area contributed by atoms with E-state index < -0.39 is 6.04 Å². The maximum Gasteiger partial charge on any atom is 0.307 e. The first-order valence-electron chi connectivity index (χ1n) is 8.77. The number of fused-ring (bicyclic) bond motifs is 3. The number of esters is 1. The van der Waals surface area contributed by atoms with Crippen LogP contribution < -0.4 is 15.2 Å². The largest absolute Gasteiger partial charge is 0.493 e. The van der Waals surface area contributed by atoms with Crippen LogP contribution in [0, 0.1) is 11.8 Å². The first-order valence-corrected chi connectivity index (χ1v) is 8.77. The Bertz CT molecular complexity index is 581. The van der Waals surface area contributed by atoms with Crippen LogP contribution in [0.25, 0.3) is 0 Å². The molecule has 0 amide bonds. The third kappa shape index (κ3) is 3.66. The number of rotatable bonds is 6. The Balaban J connectivity index is 1.75. The van der Waals surface area contributed by atoms with Gasteiger partial charge in [-0.05, 0) is 61.6 Å². The minimum absolute atomic E-state index is 0.149. The summed E-state index contributed by atoms with van der Waals surface area (Å²) < 4.78 is 16.5. The molecule has 5 nitrogen and oxygen atoms in total. The summed E-state index contributed by atoms with van der Waals surface area (Å²) in [7, 11) is 3.01. The summed E-state index contributed by atoms with van der Waals surface area (Å²) in [5.41, 5.74) is 6.99. The van der Waals surface area contributed by atoms with E-state index in [2.05, 4.69) is 0 Å². The van der Waals surface area contributed by atoms with Gasteiger partial charge >= 0.3 is 5.97 Å². The maximum absolute atomic E-state index is 11.4. The zero-order valence-corrected chi connectivity index (χ0v) is 14.5. The van der Waals surface area contributed by atoms with Gasteiger partial charge in [-0.25, -0.2) is 0 Å². The molecule has 0 spiro atoms. The molecule has 0 aromatic heterocycles. The van der Waals surface area contributed by atoms with Crippen molar-refractivity contribution in [3.8, 4) is 11.5 Å². The van der Waals surface area contributed by atoms with E-state index in [1.165, 1.54) is 32.8 Å². The average Bonchev–Trinajstić information content (AvgIpc) is 2.62. The number of nitrogens with two attached hydrogens (primary N) is 1. The molecular formula is C19H27NO4. The van der Waals surface area contributed by atoms with Crippen LogP contribution in [-0.4, -0.2) is 26.3 Å². The van der Waals surface area contributed by atoms with Gasteiger partial charge in [-0.2, -0.15) is 0 Å². The topological polar surface area (TPSA) is 70.8 Å². The number of benzene rings is 1. The number of carbonyl (C=O) groups is 1. The van der Waals surface area contributed by atoms with Gasteiger partial charge in [0.1, 0.15) is 6.10 Å². The number of carbonyl (C=O) groups excluding carboxylic acids is 1. The summed E-state index contributed by atoms with van der Waals surface area (Å²) in [5, 5.41) is 0. The van der Waals surface area contributed by atoms with Crippen LogP contribution >= 0.6 is 0 Å². The zero-order valence-electron chi connectivity index (χ0n) is 14.5. The minimum Gasteiger partial charge on any atom is -0.493 e. The summed E-state index contributed by atoms with van der Waals surface area (Å²) in [5.74, 6) is 2.58. The van der Waals surface area contributed by atoms with Gasteiger partial charge in [0.05, 0.1) is 20.6 Å². The molecule has 5 heteroatoms. The van der Waals surface area contributed by atoms with Crippen LogP contribution in [0.15, 0.2) is 18.2 Å². The van der Waals surface area contributed by atoms with Crippen molar-refractivity contribution in [3.63, 3.8) is 0 Å². The normalized spacial score (nSPS) is 26.7. The van der Waals surface area contributed by atoms with Crippen molar-refractivity contribution < 1.29 is 19.0 Å². The molecule has 2 N–H and O–H groups in total. The Labute approximate surface area is 143 Å². The molecule has 3 fully saturated rings. The zero-order chi connectivity index (χ0) is 17.1. The highest BCUT2D eigenvalue weighted by molar-refractivity contribution is 5.70. The molecule has 0 saturated heterocycles. The molecule has 2 unspecified atom stereocenters. The van der Waals surface area contributed by atoms with E-state index in [0.29, 0.717) is 11.7 Å². The number of hydrogen-bond donors (Lipinski definition) is 1. The lowest BCUT2D eigenvalue weighted by molar-refractivity contribution is -0.141. The van der Waals surface area contributed by atoms with Gasteiger partial charge in [0.25, 0.3) is 0 Å². The second-order valence-corrected chi connectivity index (χ2v) is 6.97. The Morgan fingerprint density at radius 2 is 1.96 bits per heavy atom. The van der Waals surface area contributed by atoms with E-state index >= 15 is 0 Å². The highest BCUT2D eigenvalue weighted by Gasteiger charge is 2.37. The average molecular weight is 333 g/mol. The number of methoxy groups -OCH3 is 2. The third-order valence-electron chi connectivity index (χ3n) is 5.49. The lowest BCUT2D eigenvalue weighted by atomic mass is 9.69. The molecule has 2 bridgehead atoms. The summed E-state index contributed by atoms with van der Waals surface area (Å²) in [4.78, 5) is 11.4. The summed E-state index contributed by atoms with van der Waals surface area (Å²) >= 11 is 0. The molecule has 4 rings (SSSR count). The van der Waals surface area contributed by atoms with E-state index in [1.54, 1.807) is 7.11 Å². The quantitative estimate of drug-likeness (QED) is 0.809. The fourth-order valence-corrected chi connectivity index (χ4v) is 4.02. The van der Waals surface area contributed by atoms with Crippen molar-refractivity contribution in [2.24, 2.45) is 17.6 Å². The monoisotopic (exact) mass is 333 g/mol. The Morgan fingerprint density at radius 3 is 2.54 bits per heavy atom. The predicted molar refractivity (Wildman–Crippen MR) is 91.0 cm³/mol. The van der Waals surface area contributed by atoms with Crippen molar-refractivity contribution in [2.45, 2.75) is 50.7 Å². The van der Waals surface area contributed by atoms with Gasteiger partial charge in [-0.1, -0.05) is 6.07 Å². The number of hydrogen-bond acceptors (Lipinski definition) is 5. The number of ether oxygens (including phenoxy) is 3. The Hall–Kier alpha value is -1.75. The van der Waals surface area contributed by atoms with Crippen LogP contribution in [0.1, 0.15) is 50.1 Å². The van der Waals surface area contributed by atoms with Crippen LogP contribution in [0.4, 0.5) is 0 Å². The van der Waals surface area contributed by atoms with Gasteiger partial charge in [-0.15, -0.1) is 0 Å². The molecule has 3 aliphatic rings. The third-order valence-corrected chi connectivity index (χ3v) is 5.49. The van der Waals surface area contributed by atoms with Crippen molar-refractivity contribution in [2.75, 3.05) is 14.2 Å². The van der Waals surface area contributed by atoms with E-state index in [0.717, 1.165) is 23.7 Å². The van der Waals surface area contributed by atoms with E-state index in [1.807, 2.05) is 18.2 Å². The van der Waals surface area contributed by atoms with Gasteiger partial charge in [0, 0.05) is 6.04 Å². The second-order valence-electron chi connectivity index (χ2n) is 6.97. The van der Waals surface area contributed by atoms with E-state index in [4.69, 9.17) is 19.9 Å². The molecule has 3 saturated carbocycles. The van der Waals surface area contributed by atoms with Crippen molar-refractivity contribution in [1.29, 1.82) is 0 Å². The molecule has 0 radical (unpaired) electrons. The standard InChI is InChI=1S/C19H27NO4/c1-22-16-8-7-14(15(20)11-19(21)23-2)10-18(16)24-17-9-12-3-5-13(17)6-4-12/h7-8,10,12-13,15,17H,3-6,9,11,20H2,1-2H3. The Morgan fingerprint density at radius 1 is 1.21 bits per heavy atom. The molecule has 24 heavy (non-hydrogen) atoms. The van der Waals surface area contributed by atoms with Crippen molar-refractivity contribution in [1.82, 2.24) is 0 Å². The second kappa shape index (κ2) is 7.43. The molecule has 2 atom stereocenters. The van der Waals surface area contributed by atoms with Crippen molar-refractivity contribution >= 4 is 5.97 Å². The highest BCUT2D eigenvalue weighted by Crippen LogP contribution is 2.44. The first kappa shape index (κ1) is 17.1. The predicted octanol–water partition coefficient (Wildman–Crippen LogP) is 3.22. The van der Waals surface area contributed by atoms with Gasteiger partial charge < -0.3 is 19.9 Å². The molecule has 0 aliphatic heterocycles. The van der Waals surface area contributed by atoms with Gasteiger partial charge in [0.2, 0.25) is 0 Å². The molecule has 3 aliphatic carbocycles.